The molecule has 4 heteroatoms. The molecule has 1 aliphatic rings. The van der Waals surface area contributed by atoms with E-state index in [0.717, 1.165) is 55.5 Å². The molecule has 1 heterocycles. The summed E-state index contributed by atoms with van der Waals surface area (Å²) in [6, 6.07) is 14.9. The van der Waals surface area contributed by atoms with Gasteiger partial charge in [0.1, 0.15) is 0 Å². The molecular weight excluding hydrogens is 388 g/mol. The van der Waals surface area contributed by atoms with Crippen molar-refractivity contribution >= 4 is 23.1 Å². The van der Waals surface area contributed by atoms with Crippen molar-refractivity contribution in [1.82, 2.24) is 0 Å². The van der Waals surface area contributed by atoms with Crippen molar-refractivity contribution in [3.05, 3.63) is 53.6 Å². The van der Waals surface area contributed by atoms with Gasteiger partial charge in [-0.15, -0.1) is 11.8 Å². The van der Waals surface area contributed by atoms with E-state index in [1.54, 1.807) is 0 Å². The van der Waals surface area contributed by atoms with Gasteiger partial charge in [-0.1, -0.05) is 51.7 Å². The largest absolute Gasteiger partial charge is 0.399 e. The van der Waals surface area contributed by atoms with E-state index in [2.05, 4.69) is 63.2 Å². The number of thioether (sulfide) groups is 1. The lowest BCUT2D eigenvalue weighted by molar-refractivity contribution is 0.0135. The number of hydrogen-bond donors (Lipinski definition) is 2. The number of aliphatic hydroxyl groups excluding tert-OH is 1. The minimum atomic E-state index is -0.427. The maximum Gasteiger partial charge on any atom is 0.0713 e. The zero-order chi connectivity index (χ0) is 21.7. The highest BCUT2D eigenvalue weighted by molar-refractivity contribution is 7.99. The third-order valence-corrected chi connectivity index (χ3v) is 8.03. The molecule has 2 atom stereocenters. The van der Waals surface area contributed by atoms with E-state index >= 15 is 0 Å². The van der Waals surface area contributed by atoms with Crippen LogP contribution in [0.3, 0.4) is 0 Å². The number of fused-ring (bicyclic) bond motifs is 1. The predicted molar refractivity (Wildman–Crippen MR) is 132 cm³/mol. The smallest absolute Gasteiger partial charge is 0.0713 e. The third kappa shape index (κ3) is 4.81. The van der Waals surface area contributed by atoms with E-state index in [9.17, 15) is 5.11 Å². The monoisotopic (exact) mass is 426 g/mol. The molecule has 0 unspecified atom stereocenters. The molecule has 0 aliphatic carbocycles. The van der Waals surface area contributed by atoms with Gasteiger partial charge in [0.25, 0.3) is 0 Å². The van der Waals surface area contributed by atoms with Crippen molar-refractivity contribution < 1.29 is 5.11 Å². The van der Waals surface area contributed by atoms with E-state index in [1.807, 2.05) is 23.9 Å². The van der Waals surface area contributed by atoms with Crippen molar-refractivity contribution in [2.75, 3.05) is 30.5 Å². The van der Waals surface area contributed by atoms with Crippen molar-refractivity contribution in [3.8, 4) is 0 Å². The van der Waals surface area contributed by atoms with Crippen LogP contribution in [0.4, 0.5) is 11.4 Å². The molecule has 3 N–H and O–H groups in total. The summed E-state index contributed by atoms with van der Waals surface area (Å²) < 4.78 is 0. The maximum absolute atomic E-state index is 12.1. The van der Waals surface area contributed by atoms with Crippen LogP contribution >= 0.6 is 11.8 Å². The zero-order valence-electron chi connectivity index (χ0n) is 19.0. The van der Waals surface area contributed by atoms with E-state index in [1.165, 1.54) is 16.1 Å². The summed E-state index contributed by atoms with van der Waals surface area (Å²) in [7, 11) is 4.15. The van der Waals surface area contributed by atoms with Crippen LogP contribution in [0.15, 0.2) is 47.4 Å². The van der Waals surface area contributed by atoms with E-state index in [-0.39, 0.29) is 11.3 Å². The second-order valence-corrected chi connectivity index (χ2v) is 10.1. The summed E-state index contributed by atoms with van der Waals surface area (Å²) in [6.45, 7) is 4.49. The maximum atomic E-state index is 12.1. The van der Waals surface area contributed by atoms with E-state index in [0.29, 0.717) is 0 Å². The predicted octanol–water partition coefficient (Wildman–Crippen LogP) is 6.30. The standard InChI is InChI=1S/C26H38N2OS/c1-5-7-14-26(15-8-6-2)18-30-23-13-12-21(28(3)4)17-22(23)24(25(26)29)19-10-9-11-20(27)16-19/h9-13,16-17,24-25,29H,5-8,14-15,18,27H2,1-4H3/t24-,25-/m1/s1. The molecule has 0 aromatic heterocycles. The van der Waals surface area contributed by atoms with Crippen LogP contribution in [0.1, 0.15) is 69.4 Å². The summed E-state index contributed by atoms with van der Waals surface area (Å²) in [4.78, 5) is 3.43. The van der Waals surface area contributed by atoms with Gasteiger partial charge in [0, 0.05) is 47.5 Å². The van der Waals surface area contributed by atoms with Gasteiger partial charge < -0.3 is 15.7 Å². The number of unbranched alkanes of at least 4 members (excludes halogenated alkanes) is 2. The quantitative estimate of drug-likeness (QED) is 0.486. The first kappa shape index (κ1) is 23.0. The number of aliphatic hydroxyl groups is 1. The molecular formula is C26H38N2OS. The first-order chi connectivity index (χ1) is 14.4. The van der Waals surface area contributed by atoms with Crippen LogP contribution in [0.25, 0.3) is 0 Å². The lowest BCUT2D eigenvalue weighted by Gasteiger charge is -2.40. The molecule has 2 aromatic rings. The molecule has 0 radical (unpaired) electrons. The zero-order valence-corrected chi connectivity index (χ0v) is 19.8. The van der Waals surface area contributed by atoms with Gasteiger partial charge >= 0.3 is 0 Å². The molecule has 1 aliphatic heterocycles. The summed E-state index contributed by atoms with van der Waals surface area (Å²) in [5, 5.41) is 12.1. The number of anilines is 2. The van der Waals surface area contributed by atoms with Gasteiger partial charge in [0.2, 0.25) is 0 Å². The highest BCUT2D eigenvalue weighted by atomic mass is 32.2. The Balaban J connectivity index is 2.16. The van der Waals surface area contributed by atoms with Gasteiger partial charge in [-0.2, -0.15) is 0 Å². The first-order valence-electron chi connectivity index (χ1n) is 11.4. The Hall–Kier alpha value is -1.65. The Labute approximate surface area is 187 Å². The first-order valence-corrected chi connectivity index (χ1v) is 12.4. The Morgan fingerprint density at radius 1 is 1.07 bits per heavy atom. The number of hydrogen-bond acceptors (Lipinski definition) is 4. The Bertz CT molecular complexity index is 828. The second kappa shape index (κ2) is 10.1. The lowest BCUT2D eigenvalue weighted by atomic mass is 9.68. The van der Waals surface area contributed by atoms with Crippen LogP contribution in [0, 0.1) is 5.41 Å². The minimum Gasteiger partial charge on any atom is -0.399 e. The highest BCUT2D eigenvalue weighted by Gasteiger charge is 2.45. The summed E-state index contributed by atoms with van der Waals surface area (Å²) in [6.07, 6.45) is 6.35. The molecule has 0 fully saturated rings. The van der Waals surface area contributed by atoms with Gasteiger partial charge in [-0.3, -0.25) is 0 Å². The summed E-state index contributed by atoms with van der Waals surface area (Å²) in [5.74, 6) is 0.911. The van der Waals surface area contributed by atoms with Crippen molar-refractivity contribution in [2.45, 2.75) is 69.3 Å². The van der Waals surface area contributed by atoms with Crippen molar-refractivity contribution in [3.63, 3.8) is 0 Å². The molecule has 0 saturated heterocycles. The van der Waals surface area contributed by atoms with Crippen LogP contribution in [-0.4, -0.2) is 31.1 Å². The fourth-order valence-corrected chi connectivity index (χ4v) is 6.18. The summed E-state index contributed by atoms with van der Waals surface area (Å²) in [5.41, 5.74) is 10.4. The Morgan fingerprint density at radius 2 is 1.77 bits per heavy atom. The molecule has 30 heavy (non-hydrogen) atoms. The molecule has 2 aromatic carbocycles. The lowest BCUT2D eigenvalue weighted by Crippen LogP contribution is -2.41. The highest BCUT2D eigenvalue weighted by Crippen LogP contribution is 2.52. The number of nitrogens with zero attached hydrogens (tertiary/aromatic N) is 1. The second-order valence-electron chi connectivity index (χ2n) is 9.07. The van der Waals surface area contributed by atoms with Crippen LogP contribution in [0.2, 0.25) is 0 Å². The number of nitrogens with two attached hydrogens (primary N) is 1. The molecule has 164 valence electrons. The Morgan fingerprint density at radius 3 is 2.37 bits per heavy atom. The van der Waals surface area contributed by atoms with Gasteiger partial charge in [-0.05, 0) is 54.3 Å². The average molecular weight is 427 g/mol. The van der Waals surface area contributed by atoms with E-state index < -0.39 is 6.10 Å². The molecule has 3 rings (SSSR count). The van der Waals surface area contributed by atoms with Crippen LogP contribution in [0.5, 0.6) is 0 Å². The van der Waals surface area contributed by atoms with Crippen LogP contribution < -0.4 is 10.6 Å². The SMILES string of the molecule is CCCCC1(CCCC)CSc2ccc(N(C)C)cc2[C@@H](c2cccc(N)c2)[C@H]1O. The molecule has 0 bridgehead atoms. The van der Waals surface area contributed by atoms with Gasteiger partial charge in [-0.25, -0.2) is 0 Å². The normalized spacial score (nSPS) is 20.4. The number of rotatable bonds is 8. The van der Waals surface area contributed by atoms with Crippen molar-refractivity contribution in [2.24, 2.45) is 5.41 Å². The summed E-state index contributed by atoms with van der Waals surface area (Å²) >= 11 is 1.93. The number of benzene rings is 2. The van der Waals surface area contributed by atoms with E-state index in [4.69, 9.17) is 5.73 Å². The van der Waals surface area contributed by atoms with Gasteiger partial charge in [0.15, 0.2) is 0 Å². The van der Waals surface area contributed by atoms with Gasteiger partial charge in [0.05, 0.1) is 6.10 Å². The topological polar surface area (TPSA) is 49.5 Å². The minimum absolute atomic E-state index is 0.0629. The van der Waals surface area contributed by atoms with Crippen molar-refractivity contribution in [1.29, 1.82) is 0 Å². The third-order valence-electron chi connectivity index (χ3n) is 6.63. The fourth-order valence-electron chi connectivity index (χ4n) is 4.76. The number of nitrogen functional groups attached to an aromatic ring is 1. The molecule has 0 amide bonds. The molecule has 0 saturated carbocycles. The average Bonchev–Trinajstić information content (AvgIpc) is 2.85. The fraction of sp³-hybridized carbons (Fsp3) is 0.538. The van der Waals surface area contributed by atoms with Crippen LogP contribution in [-0.2, 0) is 0 Å². The molecule has 0 spiro atoms. The molecule has 3 nitrogen and oxygen atoms in total. The Kier molecular flexibility index (Phi) is 7.75.